The standard InChI is InChI=1S/C12H15N5O2S/c1-7(8-3-2-4-19-8)15-11(18)6-20-12-16-9(13)5-10(14)17-12/h2-5,7H,6H2,1H3,(H,15,18)(H4,13,14,16,17)/t7-/m1/s1. The Bertz CT molecular complexity index is 567. The van der Waals surface area contributed by atoms with Gasteiger partial charge in [0.05, 0.1) is 18.1 Å². The van der Waals surface area contributed by atoms with Gasteiger partial charge in [0.2, 0.25) is 5.91 Å². The summed E-state index contributed by atoms with van der Waals surface area (Å²) in [4.78, 5) is 19.8. The molecule has 0 aliphatic rings. The van der Waals surface area contributed by atoms with Crippen LogP contribution in [-0.4, -0.2) is 21.6 Å². The number of nitrogens with one attached hydrogen (secondary N) is 1. The highest BCUT2D eigenvalue weighted by atomic mass is 32.2. The topological polar surface area (TPSA) is 120 Å². The van der Waals surface area contributed by atoms with Crippen molar-refractivity contribution in [3.05, 3.63) is 30.2 Å². The highest BCUT2D eigenvalue weighted by Gasteiger charge is 2.12. The van der Waals surface area contributed by atoms with E-state index in [1.165, 1.54) is 17.8 Å². The summed E-state index contributed by atoms with van der Waals surface area (Å²) in [6, 6.07) is 4.85. The molecule has 106 valence electrons. The molecule has 0 saturated heterocycles. The summed E-state index contributed by atoms with van der Waals surface area (Å²) < 4.78 is 5.21. The lowest BCUT2D eigenvalue weighted by molar-refractivity contribution is -0.119. The molecule has 0 saturated carbocycles. The number of hydrogen-bond donors (Lipinski definition) is 3. The Balaban J connectivity index is 1.86. The number of aromatic nitrogens is 2. The number of rotatable bonds is 5. The van der Waals surface area contributed by atoms with Gasteiger partial charge in [0.1, 0.15) is 17.4 Å². The molecule has 0 bridgehead atoms. The number of amides is 1. The van der Waals surface area contributed by atoms with Crippen LogP contribution in [0.1, 0.15) is 18.7 Å². The Hall–Kier alpha value is -2.22. The lowest BCUT2D eigenvalue weighted by atomic mass is 10.2. The molecule has 2 aromatic heterocycles. The second-order valence-corrected chi connectivity index (χ2v) is 5.04. The molecule has 2 aromatic rings. The van der Waals surface area contributed by atoms with Gasteiger partial charge < -0.3 is 21.2 Å². The average molecular weight is 293 g/mol. The number of furan rings is 1. The summed E-state index contributed by atoms with van der Waals surface area (Å²) in [5, 5.41) is 3.19. The molecule has 20 heavy (non-hydrogen) atoms. The van der Waals surface area contributed by atoms with E-state index in [1.807, 2.05) is 6.92 Å². The summed E-state index contributed by atoms with van der Waals surface area (Å²) in [5.74, 6) is 1.29. The van der Waals surface area contributed by atoms with Crippen molar-refractivity contribution in [2.24, 2.45) is 0 Å². The molecule has 0 aliphatic heterocycles. The first-order chi connectivity index (χ1) is 9.54. The molecule has 2 rings (SSSR count). The predicted molar refractivity (Wildman–Crippen MR) is 76.8 cm³/mol. The number of thioether (sulfide) groups is 1. The fourth-order valence-corrected chi connectivity index (χ4v) is 2.23. The minimum atomic E-state index is -0.190. The molecule has 1 amide bonds. The quantitative estimate of drug-likeness (QED) is 0.559. The van der Waals surface area contributed by atoms with E-state index in [-0.39, 0.29) is 29.3 Å². The van der Waals surface area contributed by atoms with E-state index in [2.05, 4.69) is 15.3 Å². The molecule has 8 heteroatoms. The van der Waals surface area contributed by atoms with Crippen molar-refractivity contribution in [2.75, 3.05) is 17.2 Å². The molecule has 7 nitrogen and oxygen atoms in total. The molecule has 1 atom stereocenters. The van der Waals surface area contributed by atoms with E-state index in [4.69, 9.17) is 15.9 Å². The van der Waals surface area contributed by atoms with E-state index < -0.39 is 0 Å². The van der Waals surface area contributed by atoms with Gasteiger partial charge in [-0.25, -0.2) is 9.97 Å². The SMILES string of the molecule is C[C@@H](NC(=O)CSc1nc(N)cc(N)n1)c1ccco1. The average Bonchev–Trinajstić information content (AvgIpc) is 2.89. The van der Waals surface area contributed by atoms with Crippen molar-refractivity contribution in [3.63, 3.8) is 0 Å². The fraction of sp³-hybridized carbons (Fsp3) is 0.250. The number of nitrogen functional groups attached to an aromatic ring is 2. The van der Waals surface area contributed by atoms with Gasteiger partial charge in [-0.1, -0.05) is 11.8 Å². The Morgan fingerprint density at radius 2 is 2.15 bits per heavy atom. The first-order valence-electron chi connectivity index (χ1n) is 5.90. The van der Waals surface area contributed by atoms with Crippen LogP contribution in [0.15, 0.2) is 34.0 Å². The third-order valence-electron chi connectivity index (χ3n) is 2.43. The maximum Gasteiger partial charge on any atom is 0.231 e. The van der Waals surface area contributed by atoms with E-state index in [1.54, 1.807) is 18.4 Å². The molecule has 2 heterocycles. The Labute approximate surface area is 120 Å². The summed E-state index contributed by atoms with van der Waals surface area (Å²) >= 11 is 1.17. The third-order valence-corrected chi connectivity index (χ3v) is 3.27. The zero-order valence-electron chi connectivity index (χ0n) is 10.9. The molecule has 0 spiro atoms. The largest absolute Gasteiger partial charge is 0.467 e. The first-order valence-corrected chi connectivity index (χ1v) is 6.89. The minimum absolute atomic E-state index is 0.150. The van der Waals surface area contributed by atoms with E-state index >= 15 is 0 Å². The normalized spacial score (nSPS) is 12.1. The Kier molecular flexibility index (Phi) is 4.46. The molecular weight excluding hydrogens is 278 g/mol. The van der Waals surface area contributed by atoms with E-state index in [0.717, 1.165) is 0 Å². The van der Waals surface area contributed by atoms with Gasteiger partial charge in [-0.05, 0) is 19.1 Å². The van der Waals surface area contributed by atoms with Crippen molar-refractivity contribution < 1.29 is 9.21 Å². The Morgan fingerprint density at radius 1 is 1.45 bits per heavy atom. The maximum absolute atomic E-state index is 11.8. The second-order valence-electron chi connectivity index (χ2n) is 4.09. The van der Waals surface area contributed by atoms with Crippen molar-refractivity contribution in [3.8, 4) is 0 Å². The van der Waals surface area contributed by atoms with E-state index in [0.29, 0.717) is 10.9 Å². The molecular formula is C12H15N5O2S. The minimum Gasteiger partial charge on any atom is -0.467 e. The lowest BCUT2D eigenvalue weighted by Gasteiger charge is -2.10. The predicted octanol–water partition coefficient (Wildman–Crippen LogP) is 1.20. The second kappa shape index (κ2) is 6.29. The van der Waals surface area contributed by atoms with Crippen LogP contribution in [0.5, 0.6) is 0 Å². The number of carbonyl (C=O) groups is 1. The number of hydrogen-bond acceptors (Lipinski definition) is 7. The third kappa shape index (κ3) is 3.89. The van der Waals surface area contributed by atoms with Crippen LogP contribution in [0.3, 0.4) is 0 Å². The molecule has 0 aliphatic carbocycles. The monoisotopic (exact) mass is 293 g/mol. The first kappa shape index (κ1) is 14.2. The summed E-state index contributed by atoms with van der Waals surface area (Å²) in [6.45, 7) is 1.84. The van der Waals surface area contributed by atoms with Crippen molar-refractivity contribution in [1.29, 1.82) is 0 Å². The van der Waals surface area contributed by atoms with Gasteiger partial charge >= 0.3 is 0 Å². The summed E-state index contributed by atoms with van der Waals surface area (Å²) in [5.41, 5.74) is 11.1. The van der Waals surface area contributed by atoms with Gasteiger partial charge in [-0.3, -0.25) is 4.79 Å². The van der Waals surface area contributed by atoms with Crippen LogP contribution in [0.25, 0.3) is 0 Å². The van der Waals surface area contributed by atoms with Gasteiger partial charge in [0.25, 0.3) is 0 Å². The number of anilines is 2. The number of carbonyl (C=O) groups excluding carboxylic acids is 1. The molecule has 0 unspecified atom stereocenters. The zero-order chi connectivity index (χ0) is 14.5. The van der Waals surface area contributed by atoms with Crippen LogP contribution in [0.2, 0.25) is 0 Å². The highest BCUT2D eigenvalue weighted by Crippen LogP contribution is 2.17. The molecule has 5 N–H and O–H groups in total. The lowest BCUT2D eigenvalue weighted by Crippen LogP contribution is -2.28. The van der Waals surface area contributed by atoms with E-state index in [9.17, 15) is 4.79 Å². The highest BCUT2D eigenvalue weighted by molar-refractivity contribution is 7.99. The number of nitrogens with zero attached hydrogens (tertiary/aromatic N) is 2. The summed E-state index contributed by atoms with van der Waals surface area (Å²) in [7, 11) is 0. The van der Waals surface area contributed by atoms with Crippen LogP contribution in [0.4, 0.5) is 11.6 Å². The Morgan fingerprint density at radius 3 is 2.75 bits per heavy atom. The van der Waals surface area contributed by atoms with Crippen molar-refractivity contribution >= 4 is 29.3 Å². The fourth-order valence-electron chi connectivity index (χ4n) is 1.55. The van der Waals surface area contributed by atoms with Gasteiger partial charge in [0.15, 0.2) is 5.16 Å². The van der Waals surface area contributed by atoms with Crippen molar-refractivity contribution in [1.82, 2.24) is 15.3 Å². The molecule has 0 radical (unpaired) electrons. The maximum atomic E-state index is 11.8. The molecule has 0 aromatic carbocycles. The smallest absolute Gasteiger partial charge is 0.231 e. The summed E-state index contributed by atoms with van der Waals surface area (Å²) in [6.07, 6.45) is 1.57. The number of nitrogens with two attached hydrogens (primary N) is 2. The van der Waals surface area contributed by atoms with Gasteiger partial charge in [-0.2, -0.15) is 0 Å². The van der Waals surface area contributed by atoms with Crippen LogP contribution in [0, 0.1) is 0 Å². The zero-order valence-corrected chi connectivity index (χ0v) is 11.7. The van der Waals surface area contributed by atoms with Gasteiger partial charge in [0, 0.05) is 6.07 Å². The molecule has 0 fully saturated rings. The van der Waals surface area contributed by atoms with Gasteiger partial charge in [-0.15, -0.1) is 0 Å². The van der Waals surface area contributed by atoms with Crippen LogP contribution < -0.4 is 16.8 Å². The van der Waals surface area contributed by atoms with Crippen LogP contribution >= 0.6 is 11.8 Å². The van der Waals surface area contributed by atoms with Crippen molar-refractivity contribution in [2.45, 2.75) is 18.1 Å². The van der Waals surface area contributed by atoms with Crippen LogP contribution in [-0.2, 0) is 4.79 Å².